The molecular formula is C18H16F4N2O2. The Morgan fingerprint density at radius 2 is 1.65 bits per heavy atom. The summed E-state index contributed by atoms with van der Waals surface area (Å²) in [5.41, 5.74) is -0.681. The third-order valence-electron chi connectivity index (χ3n) is 3.63. The molecule has 0 unspecified atom stereocenters. The molecule has 4 nitrogen and oxygen atoms in total. The molecule has 0 aliphatic rings. The number of carbonyl (C=O) groups excluding carboxylic acids is 2. The highest BCUT2D eigenvalue weighted by atomic mass is 19.4. The van der Waals surface area contributed by atoms with Crippen LogP contribution in [-0.2, 0) is 11.0 Å². The van der Waals surface area contributed by atoms with E-state index in [1.165, 1.54) is 42.2 Å². The number of alkyl halides is 3. The Bertz CT molecular complexity index is 789. The van der Waals surface area contributed by atoms with Crippen LogP contribution in [0.25, 0.3) is 0 Å². The van der Waals surface area contributed by atoms with Gasteiger partial charge in [-0.05, 0) is 36.4 Å². The summed E-state index contributed by atoms with van der Waals surface area (Å²) < 4.78 is 51.4. The number of nitrogens with zero attached hydrogens (tertiary/aromatic N) is 1. The monoisotopic (exact) mass is 368 g/mol. The van der Waals surface area contributed by atoms with E-state index >= 15 is 0 Å². The number of rotatable bonds is 5. The van der Waals surface area contributed by atoms with Gasteiger partial charge in [-0.2, -0.15) is 13.2 Å². The molecular weight excluding hydrogens is 352 g/mol. The van der Waals surface area contributed by atoms with Crippen molar-refractivity contribution in [2.24, 2.45) is 0 Å². The van der Waals surface area contributed by atoms with Crippen LogP contribution < -0.4 is 10.2 Å². The van der Waals surface area contributed by atoms with Gasteiger partial charge in [0, 0.05) is 25.7 Å². The van der Waals surface area contributed by atoms with Gasteiger partial charge in [-0.1, -0.05) is 12.1 Å². The molecule has 2 aromatic rings. The Morgan fingerprint density at radius 1 is 1.04 bits per heavy atom. The molecule has 8 heteroatoms. The Balaban J connectivity index is 2.02. The van der Waals surface area contributed by atoms with E-state index in [1.807, 2.05) is 0 Å². The van der Waals surface area contributed by atoms with Crippen molar-refractivity contribution in [2.75, 3.05) is 18.0 Å². The number of halogens is 4. The first-order chi connectivity index (χ1) is 12.2. The van der Waals surface area contributed by atoms with Gasteiger partial charge in [0.2, 0.25) is 5.91 Å². The molecule has 0 aliphatic carbocycles. The van der Waals surface area contributed by atoms with E-state index in [4.69, 9.17) is 0 Å². The van der Waals surface area contributed by atoms with Crippen molar-refractivity contribution < 1.29 is 27.2 Å². The Kier molecular flexibility index (Phi) is 5.97. The molecule has 0 spiro atoms. The van der Waals surface area contributed by atoms with Crippen molar-refractivity contribution in [1.29, 1.82) is 0 Å². The summed E-state index contributed by atoms with van der Waals surface area (Å²) in [6, 6.07) is 9.57. The van der Waals surface area contributed by atoms with Gasteiger partial charge in [-0.15, -0.1) is 0 Å². The van der Waals surface area contributed by atoms with Gasteiger partial charge in [-0.25, -0.2) is 4.39 Å². The van der Waals surface area contributed by atoms with Crippen molar-refractivity contribution in [2.45, 2.75) is 13.1 Å². The second kappa shape index (κ2) is 7.99. The van der Waals surface area contributed by atoms with Crippen LogP contribution in [0.5, 0.6) is 0 Å². The molecule has 0 aromatic heterocycles. The molecule has 0 saturated heterocycles. The summed E-state index contributed by atoms with van der Waals surface area (Å²) in [6.07, 6.45) is -4.46. The first kappa shape index (κ1) is 19.4. The van der Waals surface area contributed by atoms with Gasteiger partial charge < -0.3 is 10.2 Å². The fourth-order valence-electron chi connectivity index (χ4n) is 2.32. The Morgan fingerprint density at radius 3 is 2.19 bits per heavy atom. The normalized spacial score (nSPS) is 11.1. The van der Waals surface area contributed by atoms with Crippen LogP contribution in [0.2, 0.25) is 0 Å². The maximum atomic E-state index is 13.5. The van der Waals surface area contributed by atoms with Gasteiger partial charge in [0.05, 0.1) is 11.1 Å². The van der Waals surface area contributed by atoms with Crippen molar-refractivity contribution in [1.82, 2.24) is 5.32 Å². The Hall–Kier alpha value is -2.90. The molecule has 0 saturated carbocycles. The van der Waals surface area contributed by atoms with Crippen LogP contribution in [0.4, 0.5) is 23.2 Å². The molecule has 0 bridgehead atoms. The highest BCUT2D eigenvalue weighted by Gasteiger charge is 2.30. The fraction of sp³-hybridized carbons (Fsp3) is 0.222. The van der Waals surface area contributed by atoms with Crippen molar-refractivity contribution in [3.05, 3.63) is 65.5 Å². The Labute approximate surface area is 147 Å². The summed E-state index contributed by atoms with van der Waals surface area (Å²) >= 11 is 0. The predicted molar refractivity (Wildman–Crippen MR) is 88.2 cm³/mol. The van der Waals surface area contributed by atoms with E-state index in [0.29, 0.717) is 0 Å². The SMILES string of the molecule is CC(=O)N(CCNC(=O)c1ccccc1F)c1ccc(C(F)(F)F)cc1. The summed E-state index contributed by atoms with van der Waals surface area (Å²) in [5, 5.41) is 2.48. The van der Waals surface area contributed by atoms with E-state index in [1.54, 1.807) is 0 Å². The van der Waals surface area contributed by atoms with E-state index in [0.717, 1.165) is 18.2 Å². The van der Waals surface area contributed by atoms with Gasteiger partial charge in [0.1, 0.15) is 5.82 Å². The molecule has 138 valence electrons. The molecule has 0 aliphatic heterocycles. The first-order valence-electron chi connectivity index (χ1n) is 7.68. The lowest BCUT2D eigenvalue weighted by Crippen LogP contribution is -2.37. The number of amides is 2. The van der Waals surface area contributed by atoms with Crippen LogP contribution in [-0.4, -0.2) is 24.9 Å². The lowest BCUT2D eigenvalue weighted by Gasteiger charge is -2.22. The number of anilines is 1. The average molecular weight is 368 g/mol. The summed E-state index contributed by atoms with van der Waals surface area (Å²) in [5.74, 6) is -1.71. The van der Waals surface area contributed by atoms with Crippen LogP contribution in [0.3, 0.4) is 0 Å². The van der Waals surface area contributed by atoms with Gasteiger partial charge in [0.25, 0.3) is 5.91 Å². The molecule has 26 heavy (non-hydrogen) atoms. The summed E-state index contributed by atoms with van der Waals surface area (Å²) in [7, 11) is 0. The van der Waals surface area contributed by atoms with Gasteiger partial charge in [0.15, 0.2) is 0 Å². The van der Waals surface area contributed by atoms with E-state index < -0.39 is 29.4 Å². The first-order valence-corrected chi connectivity index (χ1v) is 7.68. The molecule has 0 radical (unpaired) electrons. The quantitative estimate of drug-likeness (QED) is 0.820. The molecule has 1 N–H and O–H groups in total. The zero-order chi connectivity index (χ0) is 19.3. The lowest BCUT2D eigenvalue weighted by molar-refractivity contribution is -0.137. The third-order valence-corrected chi connectivity index (χ3v) is 3.63. The number of carbonyl (C=O) groups is 2. The van der Waals surface area contributed by atoms with Crippen molar-refractivity contribution in [3.63, 3.8) is 0 Å². The third kappa shape index (κ3) is 4.81. The molecule has 2 aromatic carbocycles. The van der Waals surface area contributed by atoms with Crippen LogP contribution in [0.15, 0.2) is 48.5 Å². The number of hydrogen-bond acceptors (Lipinski definition) is 2. The minimum atomic E-state index is -4.46. The van der Waals surface area contributed by atoms with E-state index in [-0.39, 0.29) is 24.3 Å². The second-order valence-electron chi connectivity index (χ2n) is 5.45. The molecule has 2 amide bonds. The van der Waals surface area contributed by atoms with Crippen LogP contribution >= 0.6 is 0 Å². The summed E-state index contributed by atoms with van der Waals surface area (Å²) in [6.45, 7) is 1.30. The molecule has 0 atom stereocenters. The number of benzene rings is 2. The molecule has 0 heterocycles. The zero-order valence-corrected chi connectivity index (χ0v) is 13.8. The van der Waals surface area contributed by atoms with E-state index in [9.17, 15) is 27.2 Å². The van der Waals surface area contributed by atoms with Crippen molar-refractivity contribution in [3.8, 4) is 0 Å². The lowest BCUT2D eigenvalue weighted by atomic mass is 10.2. The fourth-order valence-corrected chi connectivity index (χ4v) is 2.32. The van der Waals surface area contributed by atoms with Crippen LogP contribution in [0.1, 0.15) is 22.8 Å². The smallest absolute Gasteiger partial charge is 0.350 e. The van der Waals surface area contributed by atoms with Crippen LogP contribution in [0, 0.1) is 5.82 Å². The largest absolute Gasteiger partial charge is 0.416 e. The average Bonchev–Trinajstić information content (AvgIpc) is 2.58. The van der Waals surface area contributed by atoms with Gasteiger partial charge >= 0.3 is 6.18 Å². The minimum Gasteiger partial charge on any atom is -0.350 e. The standard InChI is InChI=1S/C18H16F4N2O2/c1-12(25)24(14-8-6-13(7-9-14)18(20,21)22)11-10-23-17(26)15-4-2-3-5-16(15)19/h2-9H,10-11H2,1H3,(H,23,26). The second-order valence-corrected chi connectivity index (χ2v) is 5.45. The minimum absolute atomic E-state index is 0.00771. The van der Waals surface area contributed by atoms with E-state index in [2.05, 4.69) is 5.32 Å². The predicted octanol–water partition coefficient (Wildman–Crippen LogP) is 3.63. The highest BCUT2D eigenvalue weighted by Crippen LogP contribution is 2.30. The number of hydrogen-bond donors (Lipinski definition) is 1. The zero-order valence-electron chi connectivity index (χ0n) is 13.8. The molecule has 2 rings (SSSR count). The topological polar surface area (TPSA) is 49.4 Å². The van der Waals surface area contributed by atoms with Crippen molar-refractivity contribution >= 4 is 17.5 Å². The number of nitrogens with one attached hydrogen (secondary N) is 1. The highest BCUT2D eigenvalue weighted by molar-refractivity contribution is 5.95. The maximum absolute atomic E-state index is 13.5. The maximum Gasteiger partial charge on any atom is 0.416 e. The molecule has 0 fully saturated rings. The van der Waals surface area contributed by atoms with Gasteiger partial charge in [-0.3, -0.25) is 9.59 Å². The summed E-state index contributed by atoms with van der Waals surface area (Å²) in [4.78, 5) is 24.9.